The maximum absolute atomic E-state index is 10.9. The van der Waals surface area contributed by atoms with E-state index in [9.17, 15) is 4.79 Å². The summed E-state index contributed by atoms with van der Waals surface area (Å²) in [7, 11) is 0. The van der Waals surface area contributed by atoms with Crippen LogP contribution in [0.5, 0.6) is 0 Å². The van der Waals surface area contributed by atoms with Crippen LogP contribution in [0.2, 0.25) is 0 Å². The van der Waals surface area contributed by atoms with Crippen LogP contribution < -0.4 is 10.6 Å². The van der Waals surface area contributed by atoms with E-state index in [2.05, 4.69) is 24.0 Å². The fourth-order valence-electron chi connectivity index (χ4n) is 2.48. The van der Waals surface area contributed by atoms with Crippen LogP contribution in [0.15, 0.2) is 18.2 Å². The molecule has 4 nitrogen and oxygen atoms in total. The molecule has 98 valence electrons. The Morgan fingerprint density at radius 1 is 1.44 bits per heavy atom. The largest absolute Gasteiger partial charge is 0.481 e. The van der Waals surface area contributed by atoms with Gasteiger partial charge in [0.2, 0.25) is 0 Å². The number of nitrogens with zero attached hydrogens (tertiary/aromatic N) is 1. The molecular weight excluding hydrogens is 228 g/mol. The zero-order valence-corrected chi connectivity index (χ0v) is 10.7. The second kappa shape index (κ2) is 5.29. The predicted octanol–water partition coefficient (Wildman–Crippen LogP) is 2.13. The summed E-state index contributed by atoms with van der Waals surface area (Å²) in [6.45, 7) is 3.64. The summed E-state index contributed by atoms with van der Waals surface area (Å²) in [5.41, 5.74) is 9.13. The Balaban J connectivity index is 2.07. The van der Waals surface area contributed by atoms with Crippen molar-refractivity contribution in [2.45, 2.75) is 26.2 Å². The molecule has 1 aliphatic rings. The molecule has 0 unspecified atom stereocenters. The third-order valence-electron chi connectivity index (χ3n) is 3.69. The van der Waals surface area contributed by atoms with Gasteiger partial charge in [0.25, 0.3) is 0 Å². The standard InChI is InChI=1S/C14H20N2O2/c1-2-10-3-4-13(12(15)9-10)16-7-5-11(6-8-16)14(17)18/h3-4,9,11H,2,5-8,15H2,1H3,(H,17,18). The quantitative estimate of drug-likeness (QED) is 0.804. The van der Waals surface area contributed by atoms with Crippen LogP contribution in [0.25, 0.3) is 0 Å². The van der Waals surface area contributed by atoms with Gasteiger partial charge in [-0.05, 0) is 37.0 Å². The first-order chi connectivity index (χ1) is 8.61. The van der Waals surface area contributed by atoms with Gasteiger partial charge < -0.3 is 15.7 Å². The zero-order chi connectivity index (χ0) is 13.1. The molecule has 1 heterocycles. The molecular formula is C14H20N2O2. The molecule has 1 aliphatic heterocycles. The summed E-state index contributed by atoms with van der Waals surface area (Å²) in [6.07, 6.45) is 2.38. The maximum Gasteiger partial charge on any atom is 0.306 e. The molecule has 0 bridgehead atoms. The first-order valence-corrected chi connectivity index (χ1v) is 6.48. The van der Waals surface area contributed by atoms with Crippen molar-refractivity contribution < 1.29 is 9.90 Å². The summed E-state index contributed by atoms with van der Waals surface area (Å²) in [5, 5.41) is 8.97. The van der Waals surface area contributed by atoms with Crippen LogP contribution in [0.1, 0.15) is 25.3 Å². The number of benzene rings is 1. The van der Waals surface area contributed by atoms with Gasteiger partial charge in [-0.2, -0.15) is 0 Å². The number of carboxylic acids is 1. The molecule has 1 aromatic carbocycles. The van der Waals surface area contributed by atoms with Crippen molar-refractivity contribution in [1.29, 1.82) is 0 Å². The lowest BCUT2D eigenvalue weighted by molar-refractivity contribution is -0.142. The Morgan fingerprint density at radius 3 is 2.61 bits per heavy atom. The highest BCUT2D eigenvalue weighted by Gasteiger charge is 2.25. The second-order valence-electron chi connectivity index (χ2n) is 4.85. The second-order valence-corrected chi connectivity index (χ2v) is 4.85. The molecule has 18 heavy (non-hydrogen) atoms. The van der Waals surface area contributed by atoms with Crippen molar-refractivity contribution in [1.82, 2.24) is 0 Å². The van der Waals surface area contributed by atoms with Crippen molar-refractivity contribution in [2.24, 2.45) is 5.92 Å². The molecule has 0 spiro atoms. The fraction of sp³-hybridized carbons (Fsp3) is 0.500. The van der Waals surface area contributed by atoms with Crippen LogP contribution >= 0.6 is 0 Å². The molecule has 2 rings (SSSR count). The lowest BCUT2D eigenvalue weighted by atomic mass is 9.96. The van der Waals surface area contributed by atoms with Gasteiger partial charge in [0.15, 0.2) is 0 Å². The van der Waals surface area contributed by atoms with Gasteiger partial charge >= 0.3 is 5.97 Å². The number of hydrogen-bond acceptors (Lipinski definition) is 3. The SMILES string of the molecule is CCc1ccc(N2CCC(C(=O)O)CC2)c(N)c1. The van der Waals surface area contributed by atoms with Gasteiger partial charge in [0.1, 0.15) is 0 Å². The molecule has 0 aliphatic carbocycles. The van der Waals surface area contributed by atoms with Crippen molar-refractivity contribution in [2.75, 3.05) is 23.7 Å². The predicted molar refractivity (Wildman–Crippen MR) is 72.8 cm³/mol. The molecule has 3 N–H and O–H groups in total. The van der Waals surface area contributed by atoms with Crippen molar-refractivity contribution in [3.8, 4) is 0 Å². The lowest BCUT2D eigenvalue weighted by Gasteiger charge is -2.32. The van der Waals surface area contributed by atoms with Gasteiger partial charge in [-0.15, -0.1) is 0 Å². The maximum atomic E-state index is 10.9. The summed E-state index contributed by atoms with van der Waals surface area (Å²) >= 11 is 0. The first kappa shape index (κ1) is 12.7. The van der Waals surface area contributed by atoms with Crippen molar-refractivity contribution >= 4 is 17.3 Å². The number of anilines is 2. The topological polar surface area (TPSA) is 66.6 Å². The average Bonchev–Trinajstić information content (AvgIpc) is 2.38. The summed E-state index contributed by atoms with van der Waals surface area (Å²) in [4.78, 5) is 13.1. The van der Waals surface area contributed by atoms with E-state index >= 15 is 0 Å². The van der Waals surface area contributed by atoms with E-state index in [-0.39, 0.29) is 5.92 Å². The number of aliphatic carboxylic acids is 1. The fourth-order valence-corrected chi connectivity index (χ4v) is 2.48. The highest BCUT2D eigenvalue weighted by atomic mass is 16.4. The smallest absolute Gasteiger partial charge is 0.306 e. The van der Waals surface area contributed by atoms with E-state index in [0.29, 0.717) is 12.8 Å². The van der Waals surface area contributed by atoms with Crippen LogP contribution in [0.3, 0.4) is 0 Å². The normalized spacial score (nSPS) is 16.8. The number of rotatable bonds is 3. The number of carboxylic acid groups (broad SMARTS) is 1. The third kappa shape index (κ3) is 2.58. The monoisotopic (exact) mass is 248 g/mol. The van der Waals surface area contributed by atoms with Gasteiger partial charge in [-0.1, -0.05) is 13.0 Å². The van der Waals surface area contributed by atoms with Crippen LogP contribution in [0, 0.1) is 5.92 Å². The first-order valence-electron chi connectivity index (χ1n) is 6.48. The Morgan fingerprint density at radius 2 is 2.11 bits per heavy atom. The number of piperidine rings is 1. The van der Waals surface area contributed by atoms with Crippen LogP contribution in [-0.2, 0) is 11.2 Å². The Bertz CT molecular complexity index is 437. The van der Waals surface area contributed by atoms with E-state index in [1.165, 1.54) is 5.56 Å². The molecule has 4 heteroatoms. The number of nitrogens with two attached hydrogens (primary N) is 1. The molecule has 1 saturated heterocycles. The number of carbonyl (C=O) groups is 1. The van der Waals surface area contributed by atoms with Crippen LogP contribution in [-0.4, -0.2) is 24.2 Å². The zero-order valence-electron chi connectivity index (χ0n) is 10.7. The molecule has 0 radical (unpaired) electrons. The molecule has 1 aromatic rings. The van der Waals surface area contributed by atoms with Gasteiger partial charge in [0.05, 0.1) is 17.3 Å². The number of aryl methyl sites for hydroxylation is 1. The molecule has 0 aromatic heterocycles. The summed E-state index contributed by atoms with van der Waals surface area (Å²) in [6, 6.07) is 6.16. The van der Waals surface area contributed by atoms with Crippen LogP contribution in [0.4, 0.5) is 11.4 Å². The Kier molecular flexibility index (Phi) is 3.75. The number of hydrogen-bond donors (Lipinski definition) is 2. The molecule has 1 fully saturated rings. The highest BCUT2D eigenvalue weighted by Crippen LogP contribution is 2.29. The molecule has 0 saturated carbocycles. The summed E-state index contributed by atoms with van der Waals surface area (Å²) < 4.78 is 0. The average molecular weight is 248 g/mol. The summed E-state index contributed by atoms with van der Waals surface area (Å²) in [5.74, 6) is -0.874. The van der Waals surface area contributed by atoms with E-state index < -0.39 is 5.97 Å². The van der Waals surface area contributed by atoms with Gasteiger partial charge in [0, 0.05) is 13.1 Å². The molecule has 0 atom stereocenters. The Labute approximate surface area is 107 Å². The minimum Gasteiger partial charge on any atom is -0.481 e. The minimum absolute atomic E-state index is 0.197. The van der Waals surface area contributed by atoms with Crippen molar-refractivity contribution in [3.05, 3.63) is 23.8 Å². The van der Waals surface area contributed by atoms with E-state index in [1.54, 1.807) is 0 Å². The third-order valence-corrected chi connectivity index (χ3v) is 3.69. The number of nitrogen functional groups attached to an aromatic ring is 1. The lowest BCUT2D eigenvalue weighted by Crippen LogP contribution is -2.36. The molecule has 0 amide bonds. The minimum atomic E-state index is -0.677. The van der Waals surface area contributed by atoms with E-state index in [0.717, 1.165) is 30.9 Å². The van der Waals surface area contributed by atoms with E-state index in [1.807, 2.05) is 6.07 Å². The van der Waals surface area contributed by atoms with E-state index in [4.69, 9.17) is 10.8 Å². The van der Waals surface area contributed by atoms with Gasteiger partial charge in [-0.3, -0.25) is 4.79 Å². The Hall–Kier alpha value is -1.71. The highest BCUT2D eigenvalue weighted by molar-refractivity contribution is 5.72. The van der Waals surface area contributed by atoms with Crippen molar-refractivity contribution in [3.63, 3.8) is 0 Å². The van der Waals surface area contributed by atoms with Gasteiger partial charge in [-0.25, -0.2) is 0 Å².